The summed E-state index contributed by atoms with van der Waals surface area (Å²) < 4.78 is 13.3. The zero-order valence-electron chi connectivity index (χ0n) is 11.8. The lowest BCUT2D eigenvalue weighted by Gasteiger charge is -2.33. The van der Waals surface area contributed by atoms with E-state index in [1.165, 1.54) is 6.07 Å². The summed E-state index contributed by atoms with van der Waals surface area (Å²) in [5.41, 5.74) is 0.496. The van der Waals surface area contributed by atoms with Gasteiger partial charge in [-0.3, -0.25) is 9.69 Å². The Morgan fingerprint density at radius 2 is 2.11 bits per heavy atom. The molecule has 0 aliphatic carbocycles. The molecule has 0 bridgehead atoms. The molecule has 0 atom stereocenters. The number of aliphatic hydroxyl groups excluding tert-OH is 1. The Morgan fingerprint density at radius 1 is 1.47 bits per heavy atom. The number of aryl methyl sites for hydroxylation is 1. The van der Waals surface area contributed by atoms with Gasteiger partial charge in [0.15, 0.2) is 0 Å². The molecule has 1 aromatic carbocycles. The van der Waals surface area contributed by atoms with Crippen LogP contribution in [0.25, 0.3) is 0 Å². The molecule has 0 fully saturated rings. The Balaban J connectivity index is 2.63. The van der Waals surface area contributed by atoms with E-state index in [4.69, 9.17) is 0 Å². The van der Waals surface area contributed by atoms with E-state index in [-0.39, 0.29) is 24.9 Å². The summed E-state index contributed by atoms with van der Waals surface area (Å²) in [6.45, 7) is 5.43. The average molecular weight is 268 g/mol. The van der Waals surface area contributed by atoms with Crippen LogP contribution in [0, 0.1) is 12.7 Å². The van der Waals surface area contributed by atoms with Gasteiger partial charge < -0.3 is 10.4 Å². The highest BCUT2D eigenvalue weighted by atomic mass is 19.1. The summed E-state index contributed by atoms with van der Waals surface area (Å²) in [6, 6.07) is 4.57. The SMILES string of the molecule is Cc1ccc(NC(=O)CN(C)C(C)(C)CO)cc1F. The van der Waals surface area contributed by atoms with Crippen molar-refractivity contribution in [3.63, 3.8) is 0 Å². The molecule has 19 heavy (non-hydrogen) atoms. The van der Waals surface area contributed by atoms with Crippen molar-refractivity contribution in [3.05, 3.63) is 29.6 Å². The first-order valence-corrected chi connectivity index (χ1v) is 6.14. The standard InChI is InChI=1S/C14H21FN2O2/c1-10-5-6-11(7-12(10)15)16-13(19)8-17(4)14(2,3)9-18/h5-7,18H,8-9H2,1-4H3,(H,16,19). The molecular weight excluding hydrogens is 247 g/mol. The van der Waals surface area contributed by atoms with Gasteiger partial charge in [0, 0.05) is 11.2 Å². The number of likely N-dealkylation sites (N-methyl/N-ethyl adjacent to an activating group) is 1. The molecule has 0 saturated heterocycles. The second-order valence-electron chi connectivity index (χ2n) is 5.34. The molecule has 0 spiro atoms. The third-order valence-electron chi connectivity index (χ3n) is 3.26. The summed E-state index contributed by atoms with van der Waals surface area (Å²) in [6.07, 6.45) is 0. The fourth-order valence-electron chi connectivity index (χ4n) is 1.42. The van der Waals surface area contributed by atoms with Crippen LogP contribution in [0.3, 0.4) is 0 Å². The van der Waals surface area contributed by atoms with Crippen LogP contribution >= 0.6 is 0 Å². The second kappa shape index (κ2) is 6.12. The van der Waals surface area contributed by atoms with E-state index < -0.39 is 5.54 Å². The van der Waals surface area contributed by atoms with Crippen molar-refractivity contribution >= 4 is 11.6 Å². The number of halogens is 1. The number of hydrogen-bond donors (Lipinski definition) is 2. The molecule has 1 rings (SSSR count). The maximum atomic E-state index is 13.3. The smallest absolute Gasteiger partial charge is 0.238 e. The van der Waals surface area contributed by atoms with E-state index in [0.29, 0.717) is 11.3 Å². The Kier molecular flexibility index (Phi) is 5.03. The Hall–Kier alpha value is -1.46. The molecule has 2 N–H and O–H groups in total. The van der Waals surface area contributed by atoms with Crippen molar-refractivity contribution in [1.29, 1.82) is 0 Å². The molecule has 5 heteroatoms. The second-order valence-corrected chi connectivity index (χ2v) is 5.34. The number of amides is 1. The number of carbonyl (C=O) groups is 1. The first-order valence-electron chi connectivity index (χ1n) is 6.14. The predicted molar refractivity (Wildman–Crippen MR) is 73.6 cm³/mol. The topological polar surface area (TPSA) is 52.6 Å². The highest BCUT2D eigenvalue weighted by Crippen LogP contribution is 2.14. The van der Waals surface area contributed by atoms with Crippen molar-refractivity contribution in [1.82, 2.24) is 4.90 Å². The van der Waals surface area contributed by atoms with E-state index >= 15 is 0 Å². The Bertz CT molecular complexity index is 461. The van der Waals surface area contributed by atoms with Gasteiger partial charge in [0.05, 0.1) is 13.2 Å². The zero-order chi connectivity index (χ0) is 14.6. The molecule has 4 nitrogen and oxygen atoms in total. The van der Waals surface area contributed by atoms with Gasteiger partial charge in [-0.25, -0.2) is 4.39 Å². The number of aliphatic hydroxyl groups is 1. The lowest BCUT2D eigenvalue weighted by Crippen LogP contribution is -2.47. The van der Waals surface area contributed by atoms with Gasteiger partial charge in [0.25, 0.3) is 0 Å². The number of benzene rings is 1. The third kappa shape index (κ3) is 4.29. The number of rotatable bonds is 5. The summed E-state index contributed by atoms with van der Waals surface area (Å²) in [4.78, 5) is 13.6. The molecule has 0 aliphatic rings. The monoisotopic (exact) mass is 268 g/mol. The van der Waals surface area contributed by atoms with Crippen LogP contribution < -0.4 is 5.32 Å². The molecule has 0 saturated carbocycles. The number of nitrogens with one attached hydrogen (secondary N) is 1. The zero-order valence-corrected chi connectivity index (χ0v) is 11.8. The lowest BCUT2D eigenvalue weighted by atomic mass is 10.1. The summed E-state index contributed by atoms with van der Waals surface area (Å²) in [7, 11) is 1.76. The van der Waals surface area contributed by atoms with Gasteiger partial charge in [-0.05, 0) is 45.5 Å². The summed E-state index contributed by atoms with van der Waals surface area (Å²) >= 11 is 0. The van der Waals surface area contributed by atoms with E-state index in [1.54, 1.807) is 31.0 Å². The van der Waals surface area contributed by atoms with E-state index in [9.17, 15) is 14.3 Å². The van der Waals surface area contributed by atoms with Crippen LogP contribution in [0.15, 0.2) is 18.2 Å². The average Bonchev–Trinajstić information content (AvgIpc) is 2.33. The maximum Gasteiger partial charge on any atom is 0.238 e. The highest BCUT2D eigenvalue weighted by Gasteiger charge is 2.24. The van der Waals surface area contributed by atoms with Crippen LogP contribution in [-0.4, -0.2) is 41.7 Å². The Morgan fingerprint density at radius 3 is 2.63 bits per heavy atom. The van der Waals surface area contributed by atoms with Gasteiger partial charge in [0.2, 0.25) is 5.91 Å². The van der Waals surface area contributed by atoms with Crippen LogP contribution in [0.5, 0.6) is 0 Å². The Labute approximate surface area is 113 Å². The van der Waals surface area contributed by atoms with Crippen molar-refractivity contribution in [2.75, 3.05) is 25.5 Å². The normalized spacial score (nSPS) is 11.7. The van der Waals surface area contributed by atoms with Gasteiger partial charge in [-0.15, -0.1) is 0 Å². The van der Waals surface area contributed by atoms with Crippen molar-refractivity contribution in [2.24, 2.45) is 0 Å². The molecule has 1 aromatic rings. The van der Waals surface area contributed by atoms with E-state index in [1.807, 2.05) is 13.8 Å². The molecule has 0 aliphatic heterocycles. The largest absolute Gasteiger partial charge is 0.394 e. The quantitative estimate of drug-likeness (QED) is 0.856. The van der Waals surface area contributed by atoms with Crippen LogP contribution in [0.1, 0.15) is 19.4 Å². The van der Waals surface area contributed by atoms with Gasteiger partial charge in [0.1, 0.15) is 5.82 Å². The van der Waals surface area contributed by atoms with Crippen LogP contribution in [0.4, 0.5) is 10.1 Å². The first-order chi connectivity index (χ1) is 8.76. The molecule has 106 valence electrons. The first kappa shape index (κ1) is 15.6. The maximum absolute atomic E-state index is 13.3. The number of anilines is 1. The fourth-order valence-corrected chi connectivity index (χ4v) is 1.42. The minimum atomic E-state index is -0.476. The molecule has 0 aromatic heterocycles. The number of nitrogens with zero attached hydrogens (tertiary/aromatic N) is 1. The highest BCUT2D eigenvalue weighted by molar-refractivity contribution is 5.92. The van der Waals surface area contributed by atoms with Crippen molar-refractivity contribution in [3.8, 4) is 0 Å². The minimum Gasteiger partial charge on any atom is -0.394 e. The third-order valence-corrected chi connectivity index (χ3v) is 3.26. The minimum absolute atomic E-state index is 0.0457. The summed E-state index contributed by atoms with van der Waals surface area (Å²) in [5.74, 6) is -0.589. The number of hydrogen-bond acceptors (Lipinski definition) is 3. The van der Waals surface area contributed by atoms with E-state index in [2.05, 4.69) is 5.32 Å². The predicted octanol–water partition coefficient (Wildman–Crippen LogP) is 1.78. The van der Waals surface area contributed by atoms with E-state index in [0.717, 1.165) is 0 Å². The lowest BCUT2D eigenvalue weighted by molar-refractivity contribution is -0.118. The molecule has 0 unspecified atom stereocenters. The number of carbonyl (C=O) groups excluding carboxylic acids is 1. The summed E-state index contributed by atoms with van der Waals surface area (Å²) in [5, 5.41) is 11.8. The van der Waals surface area contributed by atoms with Gasteiger partial charge in [-0.1, -0.05) is 6.07 Å². The van der Waals surface area contributed by atoms with Crippen molar-refractivity contribution < 1.29 is 14.3 Å². The molecular formula is C14H21FN2O2. The molecule has 1 amide bonds. The molecule has 0 heterocycles. The van der Waals surface area contributed by atoms with Crippen LogP contribution in [0.2, 0.25) is 0 Å². The van der Waals surface area contributed by atoms with Crippen LogP contribution in [-0.2, 0) is 4.79 Å². The van der Waals surface area contributed by atoms with Gasteiger partial charge >= 0.3 is 0 Å². The van der Waals surface area contributed by atoms with Crippen molar-refractivity contribution in [2.45, 2.75) is 26.3 Å². The van der Waals surface area contributed by atoms with Gasteiger partial charge in [-0.2, -0.15) is 0 Å². The molecule has 0 radical (unpaired) electrons. The fraction of sp³-hybridized carbons (Fsp3) is 0.500.